The molecule has 4 nitrogen and oxygen atoms in total. The maximum absolute atomic E-state index is 13.3. The molecule has 0 bridgehead atoms. The fourth-order valence-electron chi connectivity index (χ4n) is 5.08. The molecule has 2 atom stereocenters. The Bertz CT molecular complexity index is 868. The minimum atomic E-state index is -4.68. The van der Waals surface area contributed by atoms with Crippen molar-refractivity contribution >= 4 is 17.5 Å². The Balaban J connectivity index is 1.64. The largest absolute Gasteiger partial charge is 0.383 e. The van der Waals surface area contributed by atoms with Gasteiger partial charge in [0.15, 0.2) is 5.78 Å². The van der Waals surface area contributed by atoms with Gasteiger partial charge < -0.3 is 4.90 Å². The molecule has 31 heavy (non-hydrogen) atoms. The number of nitrogens with zero attached hydrogens (tertiary/aromatic N) is 1. The highest BCUT2D eigenvalue weighted by atomic mass is 19.3. The molecular weight excluding hydrogens is 414 g/mol. The molecule has 2 unspecified atom stereocenters. The smallest absolute Gasteiger partial charge is 0.337 e. The van der Waals surface area contributed by atoms with Gasteiger partial charge in [0.05, 0.1) is 0 Å². The number of piperidine rings is 1. The first-order chi connectivity index (χ1) is 14.4. The van der Waals surface area contributed by atoms with E-state index in [9.17, 15) is 31.9 Å². The number of likely N-dealkylation sites (tertiary alicyclic amines) is 1. The zero-order valence-electron chi connectivity index (χ0n) is 17.9. The summed E-state index contributed by atoms with van der Waals surface area (Å²) in [5, 5.41) is 0. The lowest BCUT2D eigenvalue weighted by Gasteiger charge is -2.34. The van der Waals surface area contributed by atoms with E-state index in [-0.39, 0.29) is 37.0 Å². The van der Waals surface area contributed by atoms with Crippen molar-refractivity contribution in [3.05, 3.63) is 34.4 Å². The molecule has 170 valence electrons. The Hall–Kier alpha value is -2.25. The first-order valence-electron chi connectivity index (χ1n) is 10.5. The molecule has 1 aromatic carbocycles. The summed E-state index contributed by atoms with van der Waals surface area (Å²) in [6.45, 7) is 5.63. The highest BCUT2D eigenvalue weighted by molar-refractivity contribution is 6.15. The van der Waals surface area contributed by atoms with E-state index in [1.165, 1.54) is 0 Å². The molecule has 1 saturated carbocycles. The van der Waals surface area contributed by atoms with Crippen LogP contribution in [0.25, 0.3) is 0 Å². The molecule has 0 spiro atoms. The number of hydrogen-bond donors (Lipinski definition) is 0. The number of carbonyl (C=O) groups is 3. The predicted octanol–water partition coefficient (Wildman–Crippen LogP) is 4.38. The minimum absolute atomic E-state index is 0.0232. The molecule has 0 aromatic heterocycles. The van der Waals surface area contributed by atoms with Gasteiger partial charge in [0.2, 0.25) is 0 Å². The second-order valence-electron chi connectivity index (χ2n) is 8.91. The number of benzene rings is 1. The lowest BCUT2D eigenvalue weighted by Crippen LogP contribution is -2.50. The van der Waals surface area contributed by atoms with Crippen LogP contribution in [-0.2, 0) is 14.4 Å². The van der Waals surface area contributed by atoms with Gasteiger partial charge in [-0.1, -0.05) is 17.7 Å². The van der Waals surface area contributed by atoms with Gasteiger partial charge in [-0.3, -0.25) is 14.4 Å². The van der Waals surface area contributed by atoms with Gasteiger partial charge in [-0.15, -0.1) is 0 Å². The molecule has 0 radical (unpaired) electrons. The van der Waals surface area contributed by atoms with E-state index in [4.69, 9.17) is 0 Å². The molecule has 3 rings (SSSR count). The quantitative estimate of drug-likeness (QED) is 0.503. The summed E-state index contributed by atoms with van der Waals surface area (Å²) in [7, 11) is 0. The van der Waals surface area contributed by atoms with Crippen LogP contribution in [0.1, 0.15) is 53.9 Å². The van der Waals surface area contributed by atoms with Gasteiger partial charge in [-0.2, -0.15) is 8.78 Å². The zero-order chi connectivity index (χ0) is 23.1. The van der Waals surface area contributed by atoms with E-state index in [0.29, 0.717) is 19.3 Å². The first kappa shape index (κ1) is 23.4. The topological polar surface area (TPSA) is 54.5 Å². The summed E-state index contributed by atoms with van der Waals surface area (Å²) >= 11 is 0. The molecule has 2 fully saturated rings. The molecule has 1 aromatic rings. The third-order valence-electron chi connectivity index (χ3n) is 6.56. The second-order valence-corrected chi connectivity index (χ2v) is 8.91. The number of carbonyl (C=O) groups excluding carboxylic acids is 3. The van der Waals surface area contributed by atoms with Gasteiger partial charge in [0.25, 0.3) is 5.91 Å². The average molecular weight is 441 g/mol. The molecule has 2 aliphatic rings. The van der Waals surface area contributed by atoms with E-state index in [1.54, 1.807) is 0 Å². The molecule has 1 amide bonds. The Labute approximate surface area is 179 Å². The van der Waals surface area contributed by atoms with E-state index < -0.39 is 30.1 Å². The van der Waals surface area contributed by atoms with Crippen LogP contribution in [0.5, 0.6) is 0 Å². The summed E-state index contributed by atoms with van der Waals surface area (Å²) in [6.07, 6.45) is -2.76. The van der Waals surface area contributed by atoms with Crippen LogP contribution in [0.2, 0.25) is 0 Å². The van der Waals surface area contributed by atoms with Crippen LogP contribution < -0.4 is 0 Å². The number of halogens is 4. The number of Topliss-reactive ketones (excluding diaryl/α,β-unsaturated/α-hetero) is 2. The standard InChI is InChI=1S/C23H27F4NO3/c1-12-8-13(2)18(14(3)9-12)19-17(29)11-16(20(19)30)10-15-4-6-28(7-5-15)22(31)23(26,27)21(24)25/h8-9,15-16,19,21H,4-7,10-11H2,1-3H3. The maximum atomic E-state index is 13.3. The SMILES string of the molecule is Cc1cc(C)c(C2C(=O)CC(CC3CCN(C(=O)C(F)(F)C(F)F)CC3)C2=O)c(C)c1. The highest BCUT2D eigenvalue weighted by Crippen LogP contribution is 2.40. The van der Waals surface area contributed by atoms with Crippen molar-refractivity contribution in [2.45, 2.75) is 64.7 Å². The first-order valence-corrected chi connectivity index (χ1v) is 10.5. The Morgan fingerprint density at radius 1 is 1.10 bits per heavy atom. The third kappa shape index (κ3) is 4.53. The van der Waals surface area contributed by atoms with Crippen LogP contribution in [-0.4, -0.2) is 47.8 Å². The normalized spacial score (nSPS) is 23.2. The van der Waals surface area contributed by atoms with Crippen molar-refractivity contribution in [1.29, 1.82) is 0 Å². The van der Waals surface area contributed by atoms with Gasteiger partial charge >= 0.3 is 12.3 Å². The van der Waals surface area contributed by atoms with E-state index >= 15 is 0 Å². The number of amides is 1. The third-order valence-corrected chi connectivity index (χ3v) is 6.56. The molecule has 1 aliphatic heterocycles. The van der Waals surface area contributed by atoms with Gasteiger partial charge in [-0.25, -0.2) is 8.78 Å². The average Bonchev–Trinajstić information content (AvgIpc) is 2.95. The van der Waals surface area contributed by atoms with E-state index in [1.807, 2.05) is 32.9 Å². The summed E-state index contributed by atoms with van der Waals surface area (Å²) in [5.74, 6) is -7.97. The fourth-order valence-corrected chi connectivity index (χ4v) is 5.08. The van der Waals surface area contributed by atoms with E-state index in [0.717, 1.165) is 27.2 Å². The fraction of sp³-hybridized carbons (Fsp3) is 0.609. The second kappa shape index (κ2) is 8.71. The lowest BCUT2D eigenvalue weighted by atomic mass is 9.83. The van der Waals surface area contributed by atoms with Crippen LogP contribution in [0.3, 0.4) is 0 Å². The van der Waals surface area contributed by atoms with Crippen LogP contribution in [0.15, 0.2) is 12.1 Å². The Kier molecular flexibility index (Phi) is 6.58. The van der Waals surface area contributed by atoms with Gasteiger partial charge in [0.1, 0.15) is 11.7 Å². The molecule has 1 saturated heterocycles. The molecule has 8 heteroatoms. The molecule has 1 heterocycles. The maximum Gasteiger partial charge on any atom is 0.383 e. The summed E-state index contributed by atoms with van der Waals surface area (Å²) in [6, 6.07) is 3.91. The number of rotatable bonds is 5. The van der Waals surface area contributed by atoms with Crippen molar-refractivity contribution < 1.29 is 31.9 Å². The highest BCUT2D eigenvalue weighted by Gasteiger charge is 2.51. The number of alkyl halides is 4. The summed E-state index contributed by atoms with van der Waals surface area (Å²) < 4.78 is 51.5. The molecular formula is C23H27F4NO3. The molecule has 1 aliphatic carbocycles. The van der Waals surface area contributed by atoms with Gasteiger partial charge in [-0.05, 0) is 62.6 Å². The lowest BCUT2D eigenvalue weighted by molar-refractivity contribution is -0.181. The van der Waals surface area contributed by atoms with Crippen LogP contribution >= 0.6 is 0 Å². The van der Waals surface area contributed by atoms with Crippen molar-refractivity contribution in [3.8, 4) is 0 Å². The number of hydrogen-bond acceptors (Lipinski definition) is 3. The monoisotopic (exact) mass is 441 g/mol. The summed E-state index contributed by atoms with van der Waals surface area (Å²) in [5.41, 5.74) is 3.66. The number of aryl methyl sites for hydroxylation is 3. The van der Waals surface area contributed by atoms with Crippen molar-refractivity contribution in [1.82, 2.24) is 4.90 Å². The zero-order valence-corrected chi connectivity index (χ0v) is 17.9. The van der Waals surface area contributed by atoms with Crippen molar-refractivity contribution in [3.63, 3.8) is 0 Å². The van der Waals surface area contributed by atoms with E-state index in [2.05, 4.69) is 0 Å². The van der Waals surface area contributed by atoms with Crippen LogP contribution in [0.4, 0.5) is 17.6 Å². The Morgan fingerprint density at radius 2 is 1.65 bits per heavy atom. The predicted molar refractivity (Wildman–Crippen MR) is 106 cm³/mol. The molecule has 0 N–H and O–H groups in total. The Morgan fingerprint density at radius 3 is 2.16 bits per heavy atom. The number of ketones is 2. The van der Waals surface area contributed by atoms with Gasteiger partial charge in [0, 0.05) is 25.4 Å². The minimum Gasteiger partial charge on any atom is -0.337 e. The van der Waals surface area contributed by atoms with Crippen molar-refractivity contribution in [2.75, 3.05) is 13.1 Å². The van der Waals surface area contributed by atoms with Crippen molar-refractivity contribution in [2.24, 2.45) is 11.8 Å². The summed E-state index contributed by atoms with van der Waals surface area (Å²) in [4.78, 5) is 38.3. The van der Waals surface area contributed by atoms with Crippen LogP contribution in [0, 0.1) is 32.6 Å².